The SMILES string of the molecule is CCO[C@@H](Cc1ccc(OC/C=C\C#CC2(C(F)(F)F)C=CC=C(C(F)(F)F)C2)c(Br)c1)C(=O)O. The van der Waals surface area contributed by atoms with Crippen molar-refractivity contribution in [2.24, 2.45) is 5.41 Å². The average Bonchev–Trinajstić information content (AvgIpc) is 2.75. The molecule has 2 atom stereocenters. The molecule has 1 aliphatic rings. The standard InChI is InChI=1S/C24H21BrF6O4/c1-2-34-20(21(32)33)14-16-8-9-19(18(25)13-16)35-12-5-3-4-10-22(24(29,30)31)11-6-7-17(15-22)23(26,27)28/h3,5-9,11,13,20H,2,12,14-15H2,1H3,(H,32,33)/b5-3-/t20-,22?/m0/s1. The van der Waals surface area contributed by atoms with Gasteiger partial charge in [-0.2, -0.15) is 26.3 Å². The summed E-state index contributed by atoms with van der Waals surface area (Å²) in [7, 11) is 0. The third kappa shape index (κ3) is 7.90. The maximum absolute atomic E-state index is 13.6. The Bertz CT molecular complexity index is 1060. The number of rotatable bonds is 8. The number of hydrogen-bond acceptors (Lipinski definition) is 3. The third-order valence-electron chi connectivity index (χ3n) is 4.91. The predicted molar refractivity (Wildman–Crippen MR) is 120 cm³/mol. The second kappa shape index (κ2) is 11.8. The van der Waals surface area contributed by atoms with Crippen molar-refractivity contribution in [2.75, 3.05) is 13.2 Å². The maximum Gasteiger partial charge on any atom is 0.412 e. The van der Waals surface area contributed by atoms with Crippen molar-refractivity contribution in [3.05, 3.63) is 64.2 Å². The Kier molecular flexibility index (Phi) is 9.63. The van der Waals surface area contributed by atoms with E-state index in [9.17, 15) is 36.2 Å². The van der Waals surface area contributed by atoms with Crippen molar-refractivity contribution >= 4 is 21.9 Å². The van der Waals surface area contributed by atoms with Crippen LogP contribution in [0.5, 0.6) is 5.75 Å². The molecule has 0 heterocycles. The molecule has 4 nitrogen and oxygen atoms in total. The Balaban J connectivity index is 2.03. The summed E-state index contributed by atoms with van der Waals surface area (Å²) < 4.78 is 90.6. The van der Waals surface area contributed by atoms with Gasteiger partial charge >= 0.3 is 18.3 Å². The van der Waals surface area contributed by atoms with E-state index < -0.39 is 41.8 Å². The van der Waals surface area contributed by atoms with E-state index in [0.717, 1.165) is 12.2 Å². The molecule has 0 amide bonds. The third-order valence-corrected chi connectivity index (χ3v) is 5.53. The zero-order valence-corrected chi connectivity index (χ0v) is 19.9. The lowest BCUT2D eigenvalue weighted by Crippen LogP contribution is -2.38. The molecule has 1 aromatic carbocycles. The second-order valence-electron chi connectivity index (χ2n) is 7.43. The fourth-order valence-electron chi connectivity index (χ4n) is 3.13. The molecule has 0 aromatic heterocycles. The molecule has 0 saturated heterocycles. The Morgan fingerprint density at radius 1 is 1.29 bits per heavy atom. The highest BCUT2D eigenvalue weighted by molar-refractivity contribution is 9.10. The van der Waals surface area contributed by atoms with Gasteiger partial charge in [0, 0.05) is 25.0 Å². The monoisotopic (exact) mass is 566 g/mol. The van der Waals surface area contributed by atoms with Crippen molar-refractivity contribution in [1.29, 1.82) is 0 Å². The molecule has 2 rings (SSSR count). The molecule has 0 fully saturated rings. The minimum atomic E-state index is -5.00. The van der Waals surface area contributed by atoms with E-state index in [2.05, 4.69) is 21.9 Å². The Hall–Kier alpha value is -2.71. The zero-order chi connectivity index (χ0) is 26.3. The molecule has 35 heavy (non-hydrogen) atoms. The molecular formula is C24H21BrF6O4. The lowest BCUT2D eigenvalue weighted by Gasteiger charge is -2.31. The molecule has 1 aromatic rings. The summed E-state index contributed by atoms with van der Waals surface area (Å²) in [6.07, 6.45) is -7.72. The second-order valence-corrected chi connectivity index (χ2v) is 8.28. The molecule has 0 radical (unpaired) electrons. The molecular weight excluding hydrogens is 546 g/mol. The first kappa shape index (κ1) is 28.5. The van der Waals surface area contributed by atoms with Crippen LogP contribution < -0.4 is 4.74 Å². The zero-order valence-electron chi connectivity index (χ0n) is 18.3. The Morgan fingerprint density at radius 2 is 2.00 bits per heavy atom. The van der Waals surface area contributed by atoms with Crippen molar-refractivity contribution in [3.63, 3.8) is 0 Å². The summed E-state index contributed by atoms with van der Waals surface area (Å²) in [6, 6.07) is 4.88. The fourth-order valence-corrected chi connectivity index (χ4v) is 3.67. The summed E-state index contributed by atoms with van der Waals surface area (Å²) in [6.45, 7) is 1.85. The smallest absolute Gasteiger partial charge is 0.412 e. The topological polar surface area (TPSA) is 55.8 Å². The van der Waals surface area contributed by atoms with Gasteiger partial charge in [-0.05, 0) is 52.7 Å². The van der Waals surface area contributed by atoms with Crippen molar-refractivity contribution < 1.29 is 45.7 Å². The van der Waals surface area contributed by atoms with Gasteiger partial charge in [0.1, 0.15) is 17.8 Å². The van der Waals surface area contributed by atoms with Gasteiger partial charge in [-0.3, -0.25) is 0 Å². The predicted octanol–water partition coefficient (Wildman–Crippen LogP) is 6.42. The van der Waals surface area contributed by atoms with Crippen molar-refractivity contribution in [3.8, 4) is 17.6 Å². The van der Waals surface area contributed by atoms with Gasteiger partial charge in [0.2, 0.25) is 0 Å². The number of halogens is 7. The lowest BCUT2D eigenvalue weighted by atomic mass is 9.78. The summed E-state index contributed by atoms with van der Waals surface area (Å²) in [5.41, 5.74) is -3.56. The lowest BCUT2D eigenvalue weighted by molar-refractivity contribution is -0.190. The molecule has 190 valence electrons. The number of hydrogen-bond donors (Lipinski definition) is 1. The molecule has 1 unspecified atom stereocenters. The fraction of sp³-hybridized carbons (Fsp3) is 0.375. The average molecular weight is 567 g/mol. The van der Waals surface area contributed by atoms with Crippen molar-refractivity contribution in [2.45, 2.75) is 38.2 Å². The number of carboxylic acids is 1. The van der Waals surface area contributed by atoms with Crippen LogP contribution in [0.25, 0.3) is 0 Å². The molecule has 0 aliphatic heterocycles. The maximum atomic E-state index is 13.6. The minimum absolute atomic E-state index is 0.0775. The molecule has 0 saturated carbocycles. The number of alkyl halides is 6. The van der Waals surface area contributed by atoms with Gasteiger partial charge in [-0.15, -0.1) is 0 Å². The number of carbonyl (C=O) groups is 1. The van der Waals surface area contributed by atoms with Crippen LogP contribution in [-0.4, -0.2) is 42.7 Å². The number of aliphatic carboxylic acids is 1. The summed E-state index contributed by atoms with van der Waals surface area (Å²) >= 11 is 3.30. The molecule has 1 N–H and O–H groups in total. The van der Waals surface area contributed by atoms with E-state index in [1.54, 1.807) is 25.1 Å². The molecule has 1 aliphatic carbocycles. The molecule has 11 heteroatoms. The van der Waals surface area contributed by atoms with Gasteiger partial charge in [0.25, 0.3) is 0 Å². The van der Waals surface area contributed by atoms with E-state index >= 15 is 0 Å². The highest BCUT2D eigenvalue weighted by Gasteiger charge is 2.55. The van der Waals surface area contributed by atoms with Gasteiger partial charge in [0.15, 0.2) is 6.10 Å². The first-order chi connectivity index (χ1) is 16.3. The van der Waals surface area contributed by atoms with Crippen LogP contribution >= 0.6 is 15.9 Å². The van der Waals surface area contributed by atoms with Gasteiger partial charge in [-0.25, -0.2) is 4.79 Å². The van der Waals surface area contributed by atoms with Gasteiger partial charge in [0.05, 0.1) is 4.47 Å². The van der Waals surface area contributed by atoms with Gasteiger partial charge in [-0.1, -0.05) is 36.1 Å². The van der Waals surface area contributed by atoms with Crippen LogP contribution in [0.3, 0.4) is 0 Å². The first-order valence-corrected chi connectivity index (χ1v) is 11.0. The summed E-state index contributed by atoms with van der Waals surface area (Å²) in [4.78, 5) is 11.2. The van der Waals surface area contributed by atoms with E-state index in [-0.39, 0.29) is 19.6 Å². The van der Waals surface area contributed by atoms with Crippen molar-refractivity contribution in [1.82, 2.24) is 0 Å². The van der Waals surface area contributed by atoms with E-state index in [1.165, 1.54) is 6.08 Å². The van der Waals surface area contributed by atoms with Crippen LogP contribution in [0.4, 0.5) is 26.3 Å². The Labute approximate surface area is 206 Å². The highest BCUT2D eigenvalue weighted by atomic mass is 79.9. The van der Waals surface area contributed by atoms with Gasteiger partial charge < -0.3 is 14.6 Å². The highest BCUT2D eigenvalue weighted by Crippen LogP contribution is 2.48. The molecule has 0 bridgehead atoms. The van der Waals surface area contributed by atoms with E-state index in [0.29, 0.717) is 27.9 Å². The van der Waals surface area contributed by atoms with Crippen LogP contribution in [0.15, 0.2) is 58.6 Å². The number of carboxylic acid groups (broad SMARTS) is 1. The number of benzene rings is 1. The number of ether oxygens (including phenoxy) is 2. The van der Waals surface area contributed by atoms with Crippen LogP contribution in [0.2, 0.25) is 0 Å². The van der Waals surface area contributed by atoms with E-state index in [1.807, 2.05) is 5.92 Å². The van der Waals surface area contributed by atoms with E-state index in [4.69, 9.17) is 9.47 Å². The quantitative estimate of drug-likeness (QED) is 0.291. The molecule has 0 spiro atoms. The van der Waals surface area contributed by atoms with Crippen LogP contribution in [0, 0.1) is 17.3 Å². The summed E-state index contributed by atoms with van der Waals surface area (Å²) in [5, 5.41) is 9.17. The largest absolute Gasteiger partial charge is 0.488 e. The summed E-state index contributed by atoms with van der Waals surface area (Å²) in [5.74, 6) is 3.39. The number of allylic oxidation sites excluding steroid dienone is 5. The van der Waals surface area contributed by atoms with Crippen LogP contribution in [-0.2, 0) is 16.0 Å². The Morgan fingerprint density at radius 3 is 2.57 bits per heavy atom. The first-order valence-electron chi connectivity index (χ1n) is 10.2. The normalized spacial score (nSPS) is 19.1. The minimum Gasteiger partial charge on any atom is -0.488 e. The van der Waals surface area contributed by atoms with Crippen LogP contribution in [0.1, 0.15) is 18.9 Å².